The van der Waals surface area contributed by atoms with Crippen molar-refractivity contribution in [2.45, 2.75) is 0 Å². The summed E-state index contributed by atoms with van der Waals surface area (Å²) in [5.41, 5.74) is 7.49. The lowest BCUT2D eigenvalue weighted by Crippen LogP contribution is -1.89. The highest BCUT2D eigenvalue weighted by atomic mass is 19.1. The maximum absolute atomic E-state index is 13.3. The first-order valence-electron chi connectivity index (χ1n) is 5.24. The largest absolute Gasteiger partial charge is 0.505 e. The molecule has 0 aliphatic heterocycles. The van der Waals surface area contributed by atoms with Crippen molar-refractivity contribution in [3.63, 3.8) is 0 Å². The van der Waals surface area contributed by atoms with Crippen LogP contribution in [0.1, 0.15) is 0 Å². The average Bonchev–Trinajstić information content (AvgIpc) is 2.71. The highest BCUT2D eigenvalue weighted by molar-refractivity contribution is 5.68. The summed E-state index contributed by atoms with van der Waals surface area (Å²) < 4.78 is 14.8. The second-order valence-electron chi connectivity index (χ2n) is 3.85. The SMILES string of the molecule is Nc1nc2cc(-c3ccc(O)c(F)c3)ccn2n1. The number of phenols is 1. The quantitative estimate of drug-likeness (QED) is 0.684. The molecule has 3 N–H and O–H groups in total. The van der Waals surface area contributed by atoms with E-state index >= 15 is 0 Å². The molecule has 2 aromatic heterocycles. The second kappa shape index (κ2) is 3.69. The van der Waals surface area contributed by atoms with Crippen LogP contribution >= 0.6 is 0 Å². The Hall–Kier alpha value is -2.63. The van der Waals surface area contributed by atoms with E-state index in [1.54, 1.807) is 24.4 Å². The van der Waals surface area contributed by atoms with Gasteiger partial charge in [-0.2, -0.15) is 4.98 Å². The number of rotatable bonds is 1. The van der Waals surface area contributed by atoms with Gasteiger partial charge in [0.05, 0.1) is 0 Å². The number of halogens is 1. The number of hydrogen-bond donors (Lipinski definition) is 2. The summed E-state index contributed by atoms with van der Waals surface area (Å²) in [6.07, 6.45) is 1.69. The summed E-state index contributed by atoms with van der Waals surface area (Å²) in [7, 11) is 0. The molecule has 0 atom stereocenters. The van der Waals surface area contributed by atoms with Crippen molar-refractivity contribution in [3.8, 4) is 16.9 Å². The normalized spacial score (nSPS) is 10.9. The van der Waals surface area contributed by atoms with E-state index < -0.39 is 5.82 Å². The van der Waals surface area contributed by atoms with Crippen LogP contribution < -0.4 is 5.73 Å². The molecule has 0 spiro atoms. The highest BCUT2D eigenvalue weighted by Gasteiger charge is 2.06. The number of fused-ring (bicyclic) bond motifs is 1. The van der Waals surface area contributed by atoms with Crippen LogP contribution in [0.3, 0.4) is 0 Å². The molecule has 18 heavy (non-hydrogen) atoms. The Kier molecular flexibility index (Phi) is 2.16. The number of nitrogens with zero attached hydrogens (tertiary/aromatic N) is 3. The van der Waals surface area contributed by atoms with Gasteiger partial charge < -0.3 is 10.8 Å². The molecule has 0 unspecified atom stereocenters. The van der Waals surface area contributed by atoms with Crippen molar-refractivity contribution < 1.29 is 9.50 Å². The van der Waals surface area contributed by atoms with E-state index in [9.17, 15) is 4.39 Å². The number of nitrogen functional groups attached to an aromatic ring is 1. The summed E-state index contributed by atoms with van der Waals surface area (Å²) in [6.45, 7) is 0. The lowest BCUT2D eigenvalue weighted by molar-refractivity contribution is 0.432. The Labute approximate surface area is 101 Å². The maximum atomic E-state index is 13.3. The van der Waals surface area contributed by atoms with Gasteiger partial charge in [0.1, 0.15) is 0 Å². The lowest BCUT2D eigenvalue weighted by atomic mass is 10.1. The molecule has 0 fully saturated rings. The smallest absolute Gasteiger partial charge is 0.240 e. The minimum absolute atomic E-state index is 0.184. The maximum Gasteiger partial charge on any atom is 0.240 e. The molecule has 3 rings (SSSR count). The predicted molar refractivity (Wildman–Crippen MR) is 64.5 cm³/mol. The topological polar surface area (TPSA) is 76.4 Å². The van der Waals surface area contributed by atoms with E-state index in [4.69, 9.17) is 10.8 Å². The van der Waals surface area contributed by atoms with Crippen LogP contribution in [0.2, 0.25) is 0 Å². The van der Waals surface area contributed by atoms with Crippen molar-refractivity contribution in [2.75, 3.05) is 5.73 Å². The number of phenolic OH excluding ortho intramolecular Hbond substituents is 1. The molecule has 0 amide bonds. The van der Waals surface area contributed by atoms with Crippen LogP contribution in [0.4, 0.5) is 10.3 Å². The molecule has 0 saturated carbocycles. The number of benzene rings is 1. The summed E-state index contributed by atoms with van der Waals surface area (Å²) >= 11 is 0. The van der Waals surface area contributed by atoms with Gasteiger partial charge in [0.25, 0.3) is 0 Å². The molecule has 0 aliphatic carbocycles. The third kappa shape index (κ3) is 1.64. The average molecular weight is 244 g/mol. The van der Waals surface area contributed by atoms with Gasteiger partial charge in [-0.25, -0.2) is 8.91 Å². The fourth-order valence-electron chi connectivity index (χ4n) is 1.76. The summed E-state index contributed by atoms with van der Waals surface area (Å²) in [5.74, 6) is -0.844. The van der Waals surface area contributed by atoms with Gasteiger partial charge in [0.15, 0.2) is 17.2 Å². The molecule has 0 radical (unpaired) electrons. The van der Waals surface area contributed by atoms with E-state index in [0.29, 0.717) is 11.2 Å². The van der Waals surface area contributed by atoms with Crippen molar-refractivity contribution in [1.29, 1.82) is 0 Å². The lowest BCUT2D eigenvalue weighted by Gasteiger charge is -2.03. The van der Waals surface area contributed by atoms with Crippen molar-refractivity contribution >= 4 is 11.6 Å². The Morgan fingerprint density at radius 1 is 1.17 bits per heavy atom. The zero-order valence-electron chi connectivity index (χ0n) is 9.21. The van der Waals surface area contributed by atoms with Gasteiger partial charge in [-0.05, 0) is 35.4 Å². The summed E-state index contributed by atoms with van der Waals surface area (Å²) in [5, 5.41) is 13.1. The van der Waals surface area contributed by atoms with Crippen LogP contribution in [-0.4, -0.2) is 19.7 Å². The standard InChI is InChI=1S/C12H9FN4O/c13-9-5-7(1-2-10(9)18)8-3-4-17-11(6-8)15-12(14)16-17/h1-6,18H,(H2,14,16). The molecular formula is C12H9FN4O. The van der Waals surface area contributed by atoms with Crippen LogP contribution in [-0.2, 0) is 0 Å². The molecule has 3 aromatic rings. The Morgan fingerprint density at radius 3 is 2.72 bits per heavy atom. The molecule has 0 bridgehead atoms. The van der Waals surface area contributed by atoms with Crippen molar-refractivity contribution in [1.82, 2.24) is 14.6 Å². The van der Waals surface area contributed by atoms with Gasteiger partial charge in [0.2, 0.25) is 5.95 Å². The van der Waals surface area contributed by atoms with E-state index in [0.717, 1.165) is 5.56 Å². The zero-order chi connectivity index (χ0) is 12.7. The van der Waals surface area contributed by atoms with Crippen LogP contribution in [0, 0.1) is 5.82 Å². The van der Waals surface area contributed by atoms with Gasteiger partial charge in [0, 0.05) is 6.20 Å². The molecule has 1 aromatic carbocycles. The fourth-order valence-corrected chi connectivity index (χ4v) is 1.76. The predicted octanol–water partition coefficient (Wildman–Crippen LogP) is 1.82. The first-order chi connectivity index (χ1) is 8.63. The minimum atomic E-state index is -0.659. The first-order valence-corrected chi connectivity index (χ1v) is 5.24. The molecule has 0 saturated heterocycles. The van der Waals surface area contributed by atoms with Gasteiger partial charge in [-0.1, -0.05) is 6.07 Å². The fraction of sp³-hybridized carbons (Fsp3) is 0. The number of pyridine rings is 1. The van der Waals surface area contributed by atoms with Gasteiger partial charge in [-0.15, -0.1) is 5.10 Å². The van der Waals surface area contributed by atoms with Crippen molar-refractivity contribution in [3.05, 3.63) is 42.3 Å². The van der Waals surface area contributed by atoms with Crippen molar-refractivity contribution in [2.24, 2.45) is 0 Å². The monoisotopic (exact) mass is 244 g/mol. The molecule has 90 valence electrons. The second-order valence-corrected chi connectivity index (χ2v) is 3.85. The Balaban J connectivity index is 2.15. The van der Waals surface area contributed by atoms with Crippen LogP contribution in [0.5, 0.6) is 5.75 Å². The summed E-state index contributed by atoms with van der Waals surface area (Å²) in [4.78, 5) is 4.03. The number of hydrogen-bond acceptors (Lipinski definition) is 4. The number of aromatic hydroxyl groups is 1. The Morgan fingerprint density at radius 2 is 1.94 bits per heavy atom. The van der Waals surface area contributed by atoms with Gasteiger partial charge in [-0.3, -0.25) is 0 Å². The first kappa shape index (κ1) is 10.5. The van der Waals surface area contributed by atoms with E-state index in [1.807, 2.05) is 0 Å². The van der Waals surface area contributed by atoms with Crippen LogP contribution in [0.15, 0.2) is 36.5 Å². The molecule has 0 aliphatic rings. The Bertz CT molecular complexity index is 738. The molecule has 5 nitrogen and oxygen atoms in total. The number of aromatic nitrogens is 3. The van der Waals surface area contributed by atoms with E-state index in [1.165, 1.54) is 16.6 Å². The third-order valence-corrected chi connectivity index (χ3v) is 2.63. The zero-order valence-corrected chi connectivity index (χ0v) is 9.21. The number of nitrogens with two attached hydrogens (primary N) is 1. The molecule has 6 heteroatoms. The van der Waals surface area contributed by atoms with Crippen LogP contribution in [0.25, 0.3) is 16.8 Å². The number of anilines is 1. The third-order valence-electron chi connectivity index (χ3n) is 2.63. The molecule has 2 heterocycles. The minimum Gasteiger partial charge on any atom is -0.505 e. The summed E-state index contributed by atoms with van der Waals surface area (Å²) in [6, 6.07) is 7.72. The van der Waals surface area contributed by atoms with E-state index in [-0.39, 0.29) is 11.7 Å². The molecular weight excluding hydrogens is 235 g/mol. The van der Waals surface area contributed by atoms with Gasteiger partial charge >= 0.3 is 0 Å². The van der Waals surface area contributed by atoms with E-state index in [2.05, 4.69) is 10.1 Å². The highest BCUT2D eigenvalue weighted by Crippen LogP contribution is 2.25.